The summed E-state index contributed by atoms with van der Waals surface area (Å²) in [5.74, 6) is 0.481. The summed E-state index contributed by atoms with van der Waals surface area (Å²) >= 11 is 6.08. The molecule has 1 heterocycles. The molecule has 0 saturated carbocycles. The van der Waals surface area contributed by atoms with Crippen molar-refractivity contribution in [3.8, 4) is 5.75 Å². The SMILES string of the molecule is Cc1cc(N)c2cc(NC(=O)c3ccccc3COc3ccc(Cl)c(C)c3)ccc2n1. The van der Waals surface area contributed by atoms with Crippen molar-refractivity contribution in [2.75, 3.05) is 11.1 Å². The normalized spacial score (nSPS) is 10.8. The maximum absolute atomic E-state index is 13.0. The van der Waals surface area contributed by atoms with Gasteiger partial charge < -0.3 is 15.8 Å². The van der Waals surface area contributed by atoms with Gasteiger partial charge in [0.1, 0.15) is 12.4 Å². The average molecular weight is 432 g/mol. The first kappa shape index (κ1) is 20.7. The van der Waals surface area contributed by atoms with E-state index in [2.05, 4.69) is 10.3 Å². The number of nitrogens with one attached hydrogen (secondary N) is 1. The zero-order valence-electron chi connectivity index (χ0n) is 17.3. The first-order valence-electron chi connectivity index (χ1n) is 9.86. The van der Waals surface area contributed by atoms with Crippen molar-refractivity contribution < 1.29 is 9.53 Å². The minimum Gasteiger partial charge on any atom is -0.489 e. The Morgan fingerprint density at radius 2 is 1.87 bits per heavy atom. The molecule has 156 valence electrons. The molecule has 0 aliphatic heterocycles. The summed E-state index contributed by atoms with van der Waals surface area (Å²) in [6.07, 6.45) is 0. The number of anilines is 2. The number of halogens is 1. The number of amides is 1. The number of hydrogen-bond acceptors (Lipinski definition) is 4. The molecule has 3 N–H and O–H groups in total. The van der Waals surface area contributed by atoms with Crippen LogP contribution < -0.4 is 15.8 Å². The number of carbonyl (C=O) groups excluding carboxylic acids is 1. The predicted molar refractivity (Wildman–Crippen MR) is 126 cm³/mol. The number of pyridine rings is 1. The number of aryl methyl sites for hydroxylation is 2. The van der Waals surface area contributed by atoms with Crippen molar-refractivity contribution in [3.05, 3.63) is 94.1 Å². The molecule has 3 aromatic carbocycles. The lowest BCUT2D eigenvalue weighted by molar-refractivity contribution is 0.102. The molecule has 0 bridgehead atoms. The van der Waals surface area contributed by atoms with Crippen LogP contribution in [0.3, 0.4) is 0 Å². The van der Waals surface area contributed by atoms with E-state index in [1.807, 2.05) is 68.4 Å². The zero-order valence-corrected chi connectivity index (χ0v) is 18.0. The highest BCUT2D eigenvalue weighted by Gasteiger charge is 2.13. The van der Waals surface area contributed by atoms with Gasteiger partial charge in [-0.1, -0.05) is 29.8 Å². The molecule has 0 aliphatic rings. The minimum absolute atomic E-state index is 0.218. The summed E-state index contributed by atoms with van der Waals surface area (Å²) in [6, 6.07) is 20.2. The molecule has 6 heteroatoms. The molecule has 0 saturated heterocycles. The van der Waals surface area contributed by atoms with Crippen LogP contribution in [0.25, 0.3) is 10.9 Å². The number of ether oxygens (including phenoxy) is 1. The van der Waals surface area contributed by atoms with E-state index in [0.717, 1.165) is 27.7 Å². The smallest absolute Gasteiger partial charge is 0.256 e. The van der Waals surface area contributed by atoms with Crippen molar-refractivity contribution in [2.24, 2.45) is 0 Å². The molecule has 0 aliphatic carbocycles. The third-order valence-corrected chi connectivity index (χ3v) is 5.44. The third-order valence-electron chi connectivity index (χ3n) is 5.01. The number of nitrogens with two attached hydrogens (primary N) is 1. The quantitative estimate of drug-likeness (QED) is 0.411. The van der Waals surface area contributed by atoms with E-state index in [4.69, 9.17) is 22.1 Å². The van der Waals surface area contributed by atoms with Crippen molar-refractivity contribution in [1.82, 2.24) is 4.98 Å². The molecule has 0 radical (unpaired) electrons. The summed E-state index contributed by atoms with van der Waals surface area (Å²) in [7, 11) is 0. The second-order valence-corrected chi connectivity index (χ2v) is 7.80. The number of hydrogen-bond donors (Lipinski definition) is 2. The molecule has 0 spiro atoms. The Morgan fingerprint density at radius 1 is 1.06 bits per heavy atom. The highest BCUT2D eigenvalue weighted by atomic mass is 35.5. The van der Waals surface area contributed by atoms with Crippen LogP contribution in [-0.2, 0) is 6.61 Å². The molecular weight excluding hydrogens is 410 g/mol. The van der Waals surface area contributed by atoms with Gasteiger partial charge in [0.25, 0.3) is 5.91 Å². The standard InChI is InChI=1S/C25H22ClN3O2/c1-15-11-19(8-9-22(15)26)31-14-17-5-3-4-6-20(17)25(30)29-18-7-10-24-21(13-18)23(27)12-16(2)28-24/h3-13H,14H2,1-2H3,(H2,27,28)(H,29,30). The van der Waals surface area contributed by atoms with Crippen molar-refractivity contribution in [1.29, 1.82) is 0 Å². The van der Waals surface area contributed by atoms with Crippen LogP contribution in [0.15, 0.2) is 66.7 Å². The van der Waals surface area contributed by atoms with E-state index < -0.39 is 0 Å². The summed E-state index contributed by atoms with van der Waals surface area (Å²) in [6.45, 7) is 4.08. The Morgan fingerprint density at radius 3 is 2.68 bits per heavy atom. The average Bonchev–Trinajstić information content (AvgIpc) is 2.75. The molecular formula is C25H22ClN3O2. The Labute approximate surface area is 185 Å². The fourth-order valence-electron chi connectivity index (χ4n) is 3.40. The van der Waals surface area contributed by atoms with Crippen molar-refractivity contribution >= 4 is 39.8 Å². The van der Waals surface area contributed by atoms with Gasteiger partial charge >= 0.3 is 0 Å². The van der Waals surface area contributed by atoms with Crippen LogP contribution in [0.5, 0.6) is 5.75 Å². The van der Waals surface area contributed by atoms with Crippen LogP contribution in [0.4, 0.5) is 11.4 Å². The topological polar surface area (TPSA) is 77.2 Å². The molecule has 31 heavy (non-hydrogen) atoms. The number of carbonyl (C=O) groups is 1. The van der Waals surface area contributed by atoms with Gasteiger partial charge in [0.05, 0.1) is 5.52 Å². The molecule has 4 rings (SSSR count). The Bertz CT molecular complexity index is 1290. The summed E-state index contributed by atoms with van der Waals surface area (Å²) in [5.41, 5.74) is 11.3. The largest absolute Gasteiger partial charge is 0.489 e. The van der Waals surface area contributed by atoms with E-state index in [0.29, 0.717) is 27.7 Å². The van der Waals surface area contributed by atoms with Gasteiger partial charge in [0.2, 0.25) is 0 Å². The zero-order chi connectivity index (χ0) is 22.0. The summed E-state index contributed by atoms with van der Waals surface area (Å²) < 4.78 is 5.89. The van der Waals surface area contributed by atoms with Gasteiger partial charge in [0, 0.05) is 38.6 Å². The maximum Gasteiger partial charge on any atom is 0.256 e. The van der Waals surface area contributed by atoms with Gasteiger partial charge in [-0.05, 0) is 67.9 Å². The maximum atomic E-state index is 13.0. The molecule has 4 aromatic rings. The first-order chi connectivity index (χ1) is 14.9. The van der Waals surface area contributed by atoms with Gasteiger partial charge in [-0.15, -0.1) is 0 Å². The van der Waals surface area contributed by atoms with E-state index in [1.54, 1.807) is 12.1 Å². The second-order valence-electron chi connectivity index (χ2n) is 7.40. The number of rotatable bonds is 5. The number of nitrogens with zero attached hydrogens (tertiary/aromatic N) is 1. The lowest BCUT2D eigenvalue weighted by atomic mass is 10.1. The molecule has 0 unspecified atom stereocenters. The van der Waals surface area contributed by atoms with Crippen molar-refractivity contribution in [3.63, 3.8) is 0 Å². The van der Waals surface area contributed by atoms with Gasteiger partial charge in [-0.2, -0.15) is 0 Å². The Balaban J connectivity index is 1.54. The molecule has 5 nitrogen and oxygen atoms in total. The van der Waals surface area contributed by atoms with Crippen LogP contribution in [0.1, 0.15) is 27.2 Å². The van der Waals surface area contributed by atoms with E-state index in [-0.39, 0.29) is 12.5 Å². The number of benzene rings is 3. The number of fused-ring (bicyclic) bond motifs is 1. The van der Waals surface area contributed by atoms with Crippen LogP contribution in [0.2, 0.25) is 5.02 Å². The summed E-state index contributed by atoms with van der Waals surface area (Å²) in [5, 5.41) is 4.44. The van der Waals surface area contributed by atoms with Gasteiger partial charge in [-0.25, -0.2) is 0 Å². The second kappa shape index (κ2) is 8.66. The van der Waals surface area contributed by atoms with E-state index >= 15 is 0 Å². The summed E-state index contributed by atoms with van der Waals surface area (Å²) in [4.78, 5) is 17.5. The predicted octanol–water partition coefficient (Wildman–Crippen LogP) is 5.92. The molecule has 1 amide bonds. The van der Waals surface area contributed by atoms with Gasteiger partial charge in [-0.3, -0.25) is 9.78 Å². The molecule has 0 fully saturated rings. The lowest BCUT2D eigenvalue weighted by Gasteiger charge is -2.13. The van der Waals surface area contributed by atoms with E-state index in [1.165, 1.54) is 0 Å². The third kappa shape index (κ3) is 4.62. The van der Waals surface area contributed by atoms with Crippen LogP contribution >= 0.6 is 11.6 Å². The Kier molecular flexibility index (Phi) is 5.78. The Hall–Kier alpha value is -3.57. The fraction of sp³-hybridized carbons (Fsp3) is 0.120. The fourth-order valence-corrected chi connectivity index (χ4v) is 3.52. The first-order valence-corrected chi connectivity index (χ1v) is 10.2. The monoisotopic (exact) mass is 431 g/mol. The van der Waals surface area contributed by atoms with Crippen molar-refractivity contribution in [2.45, 2.75) is 20.5 Å². The molecule has 1 aromatic heterocycles. The lowest BCUT2D eigenvalue weighted by Crippen LogP contribution is -2.15. The van der Waals surface area contributed by atoms with E-state index in [9.17, 15) is 4.79 Å². The van der Waals surface area contributed by atoms with Gasteiger partial charge in [0.15, 0.2) is 0 Å². The molecule has 0 atom stereocenters. The highest BCUT2D eigenvalue weighted by molar-refractivity contribution is 6.31. The minimum atomic E-state index is -0.218. The number of aromatic nitrogens is 1. The van der Waals surface area contributed by atoms with Crippen LogP contribution in [-0.4, -0.2) is 10.9 Å². The number of nitrogen functional groups attached to an aromatic ring is 1. The van der Waals surface area contributed by atoms with Crippen LogP contribution in [0, 0.1) is 13.8 Å². The highest BCUT2D eigenvalue weighted by Crippen LogP contribution is 2.25.